The highest BCUT2D eigenvalue weighted by molar-refractivity contribution is 5.22. The van der Waals surface area contributed by atoms with Gasteiger partial charge in [-0.1, -0.05) is 0 Å². The van der Waals surface area contributed by atoms with E-state index in [1.165, 1.54) is 0 Å². The minimum atomic E-state index is -0.502. The van der Waals surface area contributed by atoms with Crippen molar-refractivity contribution < 1.29 is 14.9 Å². The molecule has 0 saturated heterocycles. The molecule has 1 atom stereocenters. The molecule has 4 nitrogen and oxygen atoms in total. The van der Waals surface area contributed by atoms with Crippen LogP contribution in [0.1, 0.15) is 12.5 Å². The Balaban J connectivity index is 2.56. The van der Waals surface area contributed by atoms with Gasteiger partial charge >= 0.3 is 0 Å². The predicted octanol–water partition coefficient (Wildman–Crippen LogP) is 0.334. The Labute approximate surface area is 76.8 Å². The van der Waals surface area contributed by atoms with Crippen molar-refractivity contribution in [2.24, 2.45) is 0 Å². The SMILES string of the molecule is CC(O)COc1cncc(CO)c1. The molecular weight excluding hydrogens is 170 g/mol. The number of rotatable bonds is 4. The van der Waals surface area contributed by atoms with Crippen molar-refractivity contribution in [2.45, 2.75) is 19.6 Å². The number of aliphatic hydroxyl groups excluding tert-OH is 2. The first-order valence-electron chi connectivity index (χ1n) is 4.08. The number of aromatic nitrogens is 1. The molecule has 2 N–H and O–H groups in total. The number of hydrogen-bond acceptors (Lipinski definition) is 4. The average molecular weight is 183 g/mol. The summed E-state index contributed by atoms with van der Waals surface area (Å²) in [7, 11) is 0. The Hall–Kier alpha value is -1.13. The molecule has 0 fully saturated rings. The van der Waals surface area contributed by atoms with Crippen LogP contribution >= 0.6 is 0 Å². The summed E-state index contributed by atoms with van der Waals surface area (Å²) in [5, 5.41) is 17.7. The summed E-state index contributed by atoms with van der Waals surface area (Å²) < 4.78 is 5.19. The van der Waals surface area contributed by atoms with Gasteiger partial charge in [-0.2, -0.15) is 0 Å². The van der Waals surface area contributed by atoms with Gasteiger partial charge in [-0.15, -0.1) is 0 Å². The van der Waals surface area contributed by atoms with Crippen molar-refractivity contribution in [3.8, 4) is 5.75 Å². The van der Waals surface area contributed by atoms with Crippen molar-refractivity contribution in [3.63, 3.8) is 0 Å². The largest absolute Gasteiger partial charge is 0.489 e. The van der Waals surface area contributed by atoms with Gasteiger partial charge in [0.2, 0.25) is 0 Å². The Morgan fingerprint density at radius 1 is 1.54 bits per heavy atom. The Morgan fingerprint density at radius 3 is 2.92 bits per heavy atom. The van der Waals surface area contributed by atoms with Gasteiger partial charge in [0.05, 0.1) is 18.9 Å². The molecule has 0 bridgehead atoms. The van der Waals surface area contributed by atoms with Gasteiger partial charge in [0.25, 0.3) is 0 Å². The van der Waals surface area contributed by atoms with E-state index in [-0.39, 0.29) is 13.2 Å². The molecule has 13 heavy (non-hydrogen) atoms. The van der Waals surface area contributed by atoms with Crippen LogP contribution in [-0.4, -0.2) is 27.9 Å². The van der Waals surface area contributed by atoms with Crippen LogP contribution in [-0.2, 0) is 6.61 Å². The third kappa shape index (κ3) is 3.40. The number of hydrogen-bond donors (Lipinski definition) is 2. The second kappa shape index (κ2) is 4.79. The normalized spacial score (nSPS) is 12.5. The highest BCUT2D eigenvalue weighted by Gasteiger charge is 1.99. The van der Waals surface area contributed by atoms with E-state index in [0.29, 0.717) is 11.3 Å². The first kappa shape index (κ1) is 9.95. The van der Waals surface area contributed by atoms with Crippen LogP contribution < -0.4 is 4.74 Å². The lowest BCUT2D eigenvalue weighted by Crippen LogP contribution is -2.12. The van der Waals surface area contributed by atoms with Gasteiger partial charge in [-0.25, -0.2) is 0 Å². The fraction of sp³-hybridized carbons (Fsp3) is 0.444. The standard InChI is InChI=1S/C9H13NO3/c1-7(12)6-13-9-2-8(5-11)3-10-4-9/h2-4,7,11-12H,5-6H2,1H3. The molecular formula is C9H13NO3. The molecule has 0 aliphatic carbocycles. The highest BCUT2D eigenvalue weighted by atomic mass is 16.5. The van der Waals surface area contributed by atoms with Gasteiger partial charge in [-0.05, 0) is 18.6 Å². The third-order valence-electron chi connectivity index (χ3n) is 1.44. The summed E-state index contributed by atoms with van der Waals surface area (Å²) in [6.07, 6.45) is 2.61. The molecule has 1 aromatic rings. The summed E-state index contributed by atoms with van der Waals surface area (Å²) in [6, 6.07) is 1.69. The molecule has 0 amide bonds. The summed E-state index contributed by atoms with van der Waals surface area (Å²) in [6.45, 7) is 1.82. The Bertz CT molecular complexity index is 263. The van der Waals surface area contributed by atoms with Crippen LogP contribution in [0.2, 0.25) is 0 Å². The minimum absolute atomic E-state index is 0.0567. The van der Waals surface area contributed by atoms with Crippen LogP contribution in [0.25, 0.3) is 0 Å². The van der Waals surface area contributed by atoms with E-state index in [1.54, 1.807) is 25.4 Å². The van der Waals surface area contributed by atoms with Crippen LogP contribution in [0.3, 0.4) is 0 Å². The number of pyridine rings is 1. The van der Waals surface area contributed by atoms with E-state index in [2.05, 4.69) is 4.98 Å². The van der Waals surface area contributed by atoms with Gasteiger partial charge in [0.1, 0.15) is 12.4 Å². The maximum absolute atomic E-state index is 8.95. The second-order valence-corrected chi connectivity index (χ2v) is 2.85. The summed E-state index contributed by atoms with van der Waals surface area (Å²) in [4.78, 5) is 3.87. The number of nitrogens with zero attached hydrogens (tertiary/aromatic N) is 1. The van der Waals surface area contributed by atoms with E-state index in [1.807, 2.05) is 0 Å². The van der Waals surface area contributed by atoms with E-state index in [4.69, 9.17) is 14.9 Å². The topological polar surface area (TPSA) is 62.6 Å². The van der Waals surface area contributed by atoms with Gasteiger partial charge in [-0.3, -0.25) is 4.98 Å². The first-order valence-corrected chi connectivity index (χ1v) is 4.08. The Kier molecular flexibility index (Phi) is 3.67. The van der Waals surface area contributed by atoms with Crippen molar-refractivity contribution >= 4 is 0 Å². The van der Waals surface area contributed by atoms with Crippen LogP contribution in [0.5, 0.6) is 5.75 Å². The lowest BCUT2D eigenvalue weighted by molar-refractivity contribution is 0.122. The van der Waals surface area contributed by atoms with Gasteiger partial charge in [0.15, 0.2) is 0 Å². The van der Waals surface area contributed by atoms with E-state index >= 15 is 0 Å². The van der Waals surface area contributed by atoms with Crippen molar-refractivity contribution in [1.82, 2.24) is 4.98 Å². The van der Waals surface area contributed by atoms with Crippen LogP contribution in [0, 0.1) is 0 Å². The zero-order valence-electron chi connectivity index (χ0n) is 7.47. The first-order chi connectivity index (χ1) is 6.22. The molecule has 0 aliphatic heterocycles. The number of ether oxygens (including phenoxy) is 1. The monoisotopic (exact) mass is 183 g/mol. The summed E-state index contributed by atoms with van der Waals surface area (Å²) in [5.41, 5.74) is 0.697. The van der Waals surface area contributed by atoms with Crippen LogP contribution in [0.4, 0.5) is 0 Å². The molecule has 0 aliphatic rings. The van der Waals surface area contributed by atoms with Crippen molar-refractivity contribution in [3.05, 3.63) is 24.0 Å². The lowest BCUT2D eigenvalue weighted by Gasteiger charge is -2.07. The fourth-order valence-corrected chi connectivity index (χ4v) is 0.846. The molecule has 72 valence electrons. The Morgan fingerprint density at radius 2 is 2.31 bits per heavy atom. The average Bonchev–Trinajstić information content (AvgIpc) is 2.15. The van der Waals surface area contributed by atoms with E-state index in [9.17, 15) is 0 Å². The summed E-state index contributed by atoms with van der Waals surface area (Å²) >= 11 is 0. The summed E-state index contributed by atoms with van der Waals surface area (Å²) in [5.74, 6) is 0.562. The zero-order chi connectivity index (χ0) is 9.68. The van der Waals surface area contributed by atoms with Crippen molar-refractivity contribution in [1.29, 1.82) is 0 Å². The van der Waals surface area contributed by atoms with Gasteiger partial charge < -0.3 is 14.9 Å². The fourth-order valence-electron chi connectivity index (χ4n) is 0.846. The molecule has 1 unspecified atom stereocenters. The minimum Gasteiger partial charge on any atom is -0.489 e. The smallest absolute Gasteiger partial charge is 0.138 e. The molecule has 4 heteroatoms. The zero-order valence-corrected chi connectivity index (χ0v) is 7.47. The quantitative estimate of drug-likeness (QED) is 0.706. The molecule has 0 radical (unpaired) electrons. The molecule has 1 heterocycles. The second-order valence-electron chi connectivity index (χ2n) is 2.85. The highest BCUT2D eigenvalue weighted by Crippen LogP contribution is 2.11. The molecule has 0 saturated carbocycles. The van der Waals surface area contributed by atoms with E-state index in [0.717, 1.165) is 0 Å². The van der Waals surface area contributed by atoms with Crippen molar-refractivity contribution in [2.75, 3.05) is 6.61 Å². The van der Waals surface area contributed by atoms with Gasteiger partial charge in [0, 0.05) is 6.20 Å². The predicted molar refractivity (Wildman–Crippen MR) is 47.3 cm³/mol. The number of aliphatic hydroxyl groups is 2. The maximum Gasteiger partial charge on any atom is 0.138 e. The van der Waals surface area contributed by atoms with E-state index < -0.39 is 6.10 Å². The third-order valence-corrected chi connectivity index (χ3v) is 1.44. The molecule has 0 aromatic carbocycles. The van der Waals surface area contributed by atoms with Crippen LogP contribution in [0.15, 0.2) is 18.5 Å². The maximum atomic E-state index is 8.95. The lowest BCUT2D eigenvalue weighted by atomic mass is 10.3. The molecule has 0 spiro atoms. The molecule has 1 aromatic heterocycles. The molecule has 1 rings (SSSR count).